The van der Waals surface area contributed by atoms with Crippen molar-refractivity contribution in [3.63, 3.8) is 0 Å². The summed E-state index contributed by atoms with van der Waals surface area (Å²) in [6.45, 7) is 2.75. The van der Waals surface area contributed by atoms with E-state index in [1.54, 1.807) is 31.4 Å². The monoisotopic (exact) mass is 454 g/mol. The number of nitrogens with zero attached hydrogens (tertiary/aromatic N) is 3. The summed E-state index contributed by atoms with van der Waals surface area (Å²) in [5, 5.41) is 3.31. The molecule has 0 radical (unpaired) electrons. The molecule has 1 heterocycles. The summed E-state index contributed by atoms with van der Waals surface area (Å²) < 4.78 is 33.0. The minimum Gasteiger partial charge on any atom is -0.497 e. The van der Waals surface area contributed by atoms with E-state index in [0.29, 0.717) is 24.6 Å². The van der Waals surface area contributed by atoms with E-state index in [-0.39, 0.29) is 10.9 Å². The van der Waals surface area contributed by atoms with Gasteiger partial charge in [-0.1, -0.05) is 30.3 Å². The van der Waals surface area contributed by atoms with Gasteiger partial charge in [-0.2, -0.15) is 0 Å². The van der Waals surface area contributed by atoms with Gasteiger partial charge in [-0.25, -0.2) is 13.4 Å². The Morgan fingerprint density at radius 1 is 1.03 bits per heavy atom. The quantitative estimate of drug-likeness (QED) is 0.499. The summed E-state index contributed by atoms with van der Waals surface area (Å²) >= 11 is 0. The fourth-order valence-electron chi connectivity index (χ4n) is 3.50. The number of hydrogen-bond acceptors (Lipinski definition) is 6. The second-order valence-electron chi connectivity index (χ2n) is 7.52. The molecule has 2 aromatic carbocycles. The van der Waals surface area contributed by atoms with Crippen molar-refractivity contribution in [2.24, 2.45) is 0 Å². The van der Waals surface area contributed by atoms with Crippen LogP contribution in [0.25, 0.3) is 0 Å². The van der Waals surface area contributed by atoms with Crippen LogP contribution in [0.4, 0.5) is 11.5 Å². The van der Waals surface area contributed by atoms with Crippen LogP contribution in [-0.2, 0) is 10.0 Å². The van der Waals surface area contributed by atoms with E-state index in [1.807, 2.05) is 57.4 Å². The number of anilines is 2. The van der Waals surface area contributed by atoms with Gasteiger partial charge >= 0.3 is 0 Å². The van der Waals surface area contributed by atoms with Crippen LogP contribution >= 0.6 is 0 Å². The number of benzene rings is 2. The molecule has 0 saturated carbocycles. The third-order valence-corrected chi connectivity index (χ3v) is 7.12. The second-order valence-corrected chi connectivity index (χ2v) is 9.38. The molecule has 0 unspecified atom stereocenters. The highest BCUT2D eigenvalue weighted by molar-refractivity contribution is 7.92. The van der Waals surface area contributed by atoms with Crippen LogP contribution in [0.5, 0.6) is 5.75 Å². The zero-order chi connectivity index (χ0) is 23.1. The van der Waals surface area contributed by atoms with Crippen LogP contribution < -0.4 is 14.4 Å². The lowest BCUT2D eigenvalue weighted by molar-refractivity contribution is 0.310. The van der Waals surface area contributed by atoms with Gasteiger partial charge in [0.05, 0.1) is 18.8 Å². The summed E-state index contributed by atoms with van der Waals surface area (Å²) in [5.41, 5.74) is 1.74. The normalized spacial score (nSPS) is 12.4. The summed E-state index contributed by atoms with van der Waals surface area (Å²) in [7, 11) is 1.98. The van der Waals surface area contributed by atoms with E-state index in [4.69, 9.17) is 4.74 Å². The fraction of sp³-hybridized carbons (Fsp3) is 0.292. The van der Waals surface area contributed by atoms with Crippen molar-refractivity contribution in [3.05, 3.63) is 78.5 Å². The van der Waals surface area contributed by atoms with Gasteiger partial charge in [-0.05, 0) is 63.0 Å². The smallest absolute Gasteiger partial charge is 0.265 e. The maximum absolute atomic E-state index is 13.1. The van der Waals surface area contributed by atoms with Gasteiger partial charge in [-0.15, -0.1) is 0 Å². The first-order chi connectivity index (χ1) is 15.4. The zero-order valence-corrected chi connectivity index (χ0v) is 19.7. The molecule has 32 heavy (non-hydrogen) atoms. The molecular weight excluding hydrogens is 424 g/mol. The molecule has 0 amide bonds. The van der Waals surface area contributed by atoms with Crippen molar-refractivity contribution < 1.29 is 13.2 Å². The largest absolute Gasteiger partial charge is 0.497 e. The lowest BCUT2D eigenvalue weighted by Gasteiger charge is -2.26. The third kappa shape index (κ3) is 5.38. The molecule has 170 valence electrons. The lowest BCUT2D eigenvalue weighted by atomic mass is 10.1. The number of nitrogens with one attached hydrogen (secondary N) is 1. The predicted octanol–water partition coefficient (Wildman–Crippen LogP) is 4.02. The number of ether oxygens (including phenoxy) is 1. The van der Waals surface area contributed by atoms with Crippen LogP contribution in [0.1, 0.15) is 18.5 Å². The fourth-order valence-corrected chi connectivity index (χ4v) is 4.92. The minimum atomic E-state index is -3.70. The Labute approximate surface area is 190 Å². The molecular formula is C24H30N4O3S. The average Bonchev–Trinajstić information content (AvgIpc) is 2.80. The van der Waals surface area contributed by atoms with E-state index in [0.717, 1.165) is 11.3 Å². The molecule has 0 saturated heterocycles. The molecule has 1 N–H and O–H groups in total. The van der Waals surface area contributed by atoms with Crippen molar-refractivity contribution in [1.82, 2.24) is 9.88 Å². The first kappa shape index (κ1) is 23.6. The highest BCUT2D eigenvalue weighted by Gasteiger charge is 2.24. The molecule has 0 bridgehead atoms. The van der Waals surface area contributed by atoms with Gasteiger partial charge in [0.2, 0.25) is 0 Å². The highest BCUT2D eigenvalue weighted by atomic mass is 32.2. The van der Waals surface area contributed by atoms with Gasteiger partial charge in [0, 0.05) is 19.3 Å². The Morgan fingerprint density at radius 3 is 2.38 bits per heavy atom. The number of hydrogen-bond donors (Lipinski definition) is 1. The second kappa shape index (κ2) is 10.5. The first-order valence-electron chi connectivity index (χ1n) is 10.4. The van der Waals surface area contributed by atoms with Crippen LogP contribution in [0.2, 0.25) is 0 Å². The van der Waals surface area contributed by atoms with Crippen LogP contribution in [0.3, 0.4) is 0 Å². The topological polar surface area (TPSA) is 74.8 Å². The number of para-hydroxylation sites is 1. The van der Waals surface area contributed by atoms with E-state index in [9.17, 15) is 8.42 Å². The lowest BCUT2D eigenvalue weighted by Crippen LogP contribution is -2.30. The van der Waals surface area contributed by atoms with Gasteiger partial charge in [-0.3, -0.25) is 4.31 Å². The first-order valence-corrected chi connectivity index (χ1v) is 11.9. The number of aromatic nitrogens is 1. The zero-order valence-electron chi connectivity index (χ0n) is 18.9. The molecule has 1 aromatic heterocycles. The molecule has 3 rings (SSSR count). The predicted molar refractivity (Wildman–Crippen MR) is 129 cm³/mol. The summed E-state index contributed by atoms with van der Waals surface area (Å²) in [6.07, 6.45) is 1.40. The SMILES string of the molecule is CCN(c1ccccc1)S(=O)(=O)c1ccc(NC[C@@H](c2cccc(OC)c2)N(C)C)nc1. The Morgan fingerprint density at radius 2 is 1.78 bits per heavy atom. The van der Waals surface area contributed by atoms with Crippen molar-refractivity contribution >= 4 is 21.5 Å². The third-order valence-electron chi connectivity index (χ3n) is 5.23. The number of rotatable bonds is 10. The highest BCUT2D eigenvalue weighted by Crippen LogP contribution is 2.25. The van der Waals surface area contributed by atoms with Crippen molar-refractivity contribution in [2.75, 3.05) is 43.9 Å². The molecule has 7 nitrogen and oxygen atoms in total. The number of methoxy groups -OCH3 is 1. The van der Waals surface area contributed by atoms with Crippen molar-refractivity contribution in [1.29, 1.82) is 0 Å². The van der Waals surface area contributed by atoms with Crippen molar-refractivity contribution in [3.8, 4) is 5.75 Å². The molecule has 0 aliphatic heterocycles. The van der Waals surface area contributed by atoms with Crippen LogP contribution in [0, 0.1) is 0 Å². The van der Waals surface area contributed by atoms with E-state index in [2.05, 4.69) is 21.3 Å². The van der Waals surface area contributed by atoms with Crippen LogP contribution in [-0.4, -0.2) is 52.6 Å². The molecule has 0 fully saturated rings. The Balaban J connectivity index is 1.74. The maximum Gasteiger partial charge on any atom is 0.265 e. The summed E-state index contributed by atoms with van der Waals surface area (Å²) in [5.74, 6) is 1.42. The number of pyridine rings is 1. The molecule has 1 atom stereocenters. The van der Waals surface area contributed by atoms with Gasteiger partial charge in [0.25, 0.3) is 10.0 Å². The van der Waals surface area contributed by atoms with Gasteiger partial charge in [0.1, 0.15) is 16.5 Å². The maximum atomic E-state index is 13.1. The van der Waals surface area contributed by atoms with Crippen LogP contribution in [0.15, 0.2) is 77.8 Å². The molecule has 0 aliphatic carbocycles. The minimum absolute atomic E-state index is 0.0870. The molecule has 0 spiro atoms. The van der Waals surface area contributed by atoms with Crippen molar-refractivity contribution in [2.45, 2.75) is 17.9 Å². The Kier molecular flexibility index (Phi) is 7.71. The summed E-state index contributed by atoms with van der Waals surface area (Å²) in [6, 6.07) is 20.4. The van der Waals surface area contributed by atoms with Gasteiger partial charge in [0.15, 0.2) is 0 Å². The van der Waals surface area contributed by atoms with E-state index < -0.39 is 10.0 Å². The summed E-state index contributed by atoms with van der Waals surface area (Å²) in [4.78, 5) is 6.62. The van der Waals surface area contributed by atoms with Gasteiger partial charge < -0.3 is 15.0 Å². The molecule has 8 heteroatoms. The number of likely N-dealkylation sites (N-methyl/N-ethyl adjacent to an activating group) is 1. The molecule has 3 aromatic rings. The van der Waals surface area contributed by atoms with E-state index >= 15 is 0 Å². The Bertz CT molecular complexity index is 1100. The standard InChI is InChI=1S/C24H30N4O3S/c1-5-28(20-11-7-6-8-12-20)32(29,30)22-14-15-24(25-17-22)26-18-23(27(2)3)19-10-9-13-21(16-19)31-4/h6-17,23H,5,18H2,1-4H3,(H,25,26)/t23-/m0/s1. The Hall–Kier alpha value is -3.10. The van der Waals surface area contributed by atoms with E-state index in [1.165, 1.54) is 10.5 Å². The average molecular weight is 455 g/mol. The molecule has 0 aliphatic rings. The number of sulfonamides is 1.